The largest absolute Gasteiger partial charge is 0.285 e. The van der Waals surface area contributed by atoms with E-state index < -0.39 is 0 Å². The Bertz CT molecular complexity index is 340. The minimum atomic E-state index is -0.134. The fourth-order valence-electron chi connectivity index (χ4n) is 0.693. The highest BCUT2D eigenvalue weighted by atomic mass is 35.5. The Morgan fingerprint density at radius 3 is 2.42 bits per heavy atom. The van der Waals surface area contributed by atoms with Crippen molar-refractivity contribution in [2.75, 3.05) is 0 Å². The van der Waals surface area contributed by atoms with E-state index in [0.29, 0.717) is 5.02 Å². The van der Waals surface area contributed by atoms with Crippen LogP contribution >= 0.6 is 11.6 Å². The summed E-state index contributed by atoms with van der Waals surface area (Å²) >= 11 is 5.66. The van der Waals surface area contributed by atoms with Gasteiger partial charge < -0.3 is 0 Å². The number of ketones is 1. The number of halogens is 1. The van der Waals surface area contributed by atoms with Crippen LogP contribution in [0, 0.1) is 11.8 Å². The molecule has 12 heavy (non-hydrogen) atoms. The van der Waals surface area contributed by atoms with Gasteiger partial charge in [0, 0.05) is 17.5 Å². The lowest BCUT2D eigenvalue weighted by Crippen LogP contribution is -1.81. The third kappa shape index (κ3) is 2.77. The van der Waals surface area contributed by atoms with Crippen LogP contribution < -0.4 is 0 Å². The maximum atomic E-state index is 10.5. The van der Waals surface area contributed by atoms with E-state index in [-0.39, 0.29) is 5.78 Å². The number of hydrogen-bond donors (Lipinski definition) is 0. The van der Waals surface area contributed by atoms with Gasteiger partial charge in [-0.2, -0.15) is 0 Å². The predicted molar refractivity (Wildman–Crippen MR) is 49.0 cm³/mol. The molecule has 0 heterocycles. The van der Waals surface area contributed by atoms with E-state index in [1.807, 2.05) is 0 Å². The molecule has 0 bridgehead atoms. The van der Waals surface area contributed by atoms with E-state index >= 15 is 0 Å². The predicted octanol–water partition coefficient (Wildman–Crippen LogP) is 2.28. The van der Waals surface area contributed by atoms with Crippen LogP contribution in [0.3, 0.4) is 0 Å². The van der Waals surface area contributed by atoms with Gasteiger partial charge in [0.05, 0.1) is 0 Å². The molecule has 0 N–H and O–H groups in total. The van der Waals surface area contributed by atoms with E-state index in [1.54, 1.807) is 24.3 Å². The summed E-state index contributed by atoms with van der Waals surface area (Å²) in [5, 5.41) is 0.670. The second kappa shape index (κ2) is 3.94. The Balaban J connectivity index is 2.86. The topological polar surface area (TPSA) is 17.1 Å². The molecule has 0 aliphatic heterocycles. The molecule has 0 amide bonds. The zero-order valence-corrected chi connectivity index (χ0v) is 7.35. The molecule has 0 atom stereocenters. The van der Waals surface area contributed by atoms with Crippen LogP contribution in [0.5, 0.6) is 0 Å². The molecule has 0 spiro atoms. The standard InChI is InChI=1S/C10H7ClO/c1-8(12)2-3-9-4-6-10(11)7-5-9/h4-7H,1H3. The molecule has 0 unspecified atom stereocenters. The lowest BCUT2D eigenvalue weighted by Gasteiger charge is -1.88. The van der Waals surface area contributed by atoms with Gasteiger partial charge in [0.1, 0.15) is 0 Å². The van der Waals surface area contributed by atoms with Gasteiger partial charge in [0.25, 0.3) is 0 Å². The molecule has 0 saturated heterocycles. The first kappa shape index (κ1) is 8.83. The maximum absolute atomic E-state index is 10.5. The van der Waals surface area contributed by atoms with Crippen LogP contribution in [0.4, 0.5) is 0 Å². The molecular formula is C10H7ClO. The van der Waals surface area contributed by atoms with Crippen molar-refractivity contribution in [2.45, 2.75) is 6.92 Å². The molecule has 1 rings (SSSR count). The normalized spacial score (nSPS) is 8.50. The average molecular weight is 179 g/mol. The Kier molecular flexibility index (Phi) is 2.90. The van der Waals surface area contributed by atoms with Gasteiger partial charge in [-0.1, -0.05) is 17.5 Å². The summed E-state index contributed by atoms with van der Waals surface area (Å²) in [6.07, 6.45) is 0. The molecule has 0 saturated carbocycles. The lowest BCUT2D eigenvalue weighted by molar-refractivity contribution is -0.111. The van der Waals surface area contributed by atoms with E-state index in [4.69, 9.17) is 11.6 Å². The molecule has 0 radical (unpaired) electrons. The number of rotatable bonds is 0. The minimum Gasteiger partial charge on any atom is -0.285 e. The smallest absolute Gasteiger partial charge is 0.202 e. The number of benzene rings is 1. The second-order valence-corrected chi connectivity index (χ2v) is 2.75. The Morgan fingerprint density at radius 2 is 1.92 bits per heavy atom. The van der Waals surface area contributed by atoms with Crippen LogP contribution in [0.2, 0.25) is 5.02 Å². The summed E-state index contributed by atoms with van der Waals surface area (Å²) in [5.74, 6) is 5.03. The van der Waals surface area contributed by atoms with Crippen LogP contribution in [-0.4, -0.2) is 5.78 Å². The first-order chi connectivity index (χ1) is 5.68. The van der Waals surface area contributed by atoms with E-state index in [9.17, 15) is 4.79 Å². The first-order valence-electron chi connectivity index (χ1n) is 3.46. The fourth-order valence-corrected chi connectivity index (χ4v) is 0.819. The van der Waals surface area contributed by atoms with Gasteiger partial charge in [-0.3, -0.25) is 4.79 Å². The van der Waals surface area contributed by atoms with Crippen molar-refractivity contribution >= 4 is 17.4 Å². The van der Waals surface area contributed by atoms with Crippen molar-refractivity contribution in [3.8, 4) is 11.8 Å². The van der Waals surface area contributed by atoms with Gasteiger partial charge in [0.2, 0.25) is 5.78 Å². The third-order valence-electron chi connectivity index (χ3n) is 1.23. The summed E-state index contributed by atoms with van der Waals surface area (Å²) in [6, 6.07) is 7.04. The average Bonchev–Trinajstić information content (AvgIpc) is 2.03. The van der Waals surface area contributed by atoms with Gasteiger partial charge in [-0.25, -0.2) is 0 Å². The number of Topliss-reactive ketones (excluding diaryl/α,β-unsaturated/α-hetero) is 1. The summed E-state index contributed by atoms with van der Waals surface area (Å²) in [4.78, 5) is 10.5. The minimum absolute atomic E-state index is 0.134. The first-order valence-corrected chi connectivity index (χ1v) is 3.84. The van der Waals surface area contributed by atoms with Crippen LogP contribution in [-0.2, 0) is 4.79 Å². The molecule has 1 aromatic carbocycles. The summed E-state index contributed by atoms with van der Waals surface area (Å²) < 4.78 is 0. The van der Waals surface area contributed by atoms with Crippen molar-refractivity contribution in [3.05, 3.63) is 34.9 Å². The van der Waals surface area contributed by atoms with Crippen LogP contribution in [0.15, 0.2) is 24.3 Å². The molecule has 0 aliphatic carbocycles. The Hall–Kier alpha value is -1.26. The summed E-state index contributed by atoms with van der Waals surface area (Å²) in [7, 11) is 0. The Morgan fingerprint density at radius 1 is 1.33 bits per heavy atom. The second-order valence-electron chi connectivity index (χ2n) is 2.31. The maximum Gasteiger partial charge on any atom is 0.202 e. The Labute approximate surface area is 76.4 Å². The van der Waals surface area contributed by atoms with Crippen molar-refractivity contribution in [1.82, 2.24) is 0 Å². The molecule has 1 aromatic rings. The van der Waals surface area contributed by atoms with E-state index in [2.05, 4.69) is 11.8 Å². The third-order valence-corrected chi connectivity index (χ3v) is 1.48. The lowest BCUT2D eigenvalue weighted by atomic mass is 10.2. The van der Waals surface area contributed by atoms with E-state index in [0.717, 1.165) is 5.56 Å². The number of carbonyl (C=O) groups excluding carboxylic acids is 1. The van der Waals surface area contributed by atoms with Crippen LogP contribution in [0.25, 0.3) is 0 Å². The molecular weight excluding hydrogens is 172 g/mol. The summed E-state index contributed by atoms with van der Waals surface area (Å²) in [6.45, 7) is 1.43. The van der Waals surface area contributed by atoms with Crippen molar-refractivity contribution in [1.29, 1.82) is 0 Å². The highest BCUT2D eigenvalue weighted by Gasteiger charge is 1.87. The number of carbonyl (C=O) groups is 1. The van der Waals surface area contributed by atoms with Gasteiger partial charge in [-0.05, 0) is 30.2 Å². The molecule has 60 valence electrons. The van der Waals surface area contributed by atoms with Crippen LogP contribution in [0.1, 0.15) is 12.5 Å². The molecule has 1 nitrogen and oxygen atoms in total. The van der Waals surface area contributed by atoms with E-state index in [1.165, 1.54) is 6.92 Å². The van der Waals surface area contributed by atoms with Gasteiger partial charge >= 0.3 is 0 Å². The zero-order chi connectivity index (χ0) is 8.97. The molecule has 2 heteroatoms. The molecule has 0 aromatic heterocycles. The highest BCUT2D eigenvalue weighted by molar-refractivity contribution is 6.30. The van der Waals surface area contributed by atoms with Gasteiger partial charge in [-0.15, -0.1) is 0 Å². The summed E-state index contributed by atoms with van der Waals surface area (Å²) in [5.41, 5.74) is 0.801. The SMILES string of the molecule is CC(=O)C#Cc1ccc(Cl)cc1. The fraction of sp³-hybridized carbons (Fsp3) is 0.100. The zero-order valence-electron chi connectivity index (χ0n) is 6.60. The van der Waals surface area contributed by atoms with Crippen molar-refractivity contribution < 1.29 is 4.79 Å². The quantitative estimate of drug-likeness (QED) is 0.557. The van der Waals surface area contributed by atoms with Gasteiger partial charge in [0.15, 0.2) is 0 Å². The van der Waals surface area contributed by atoms with Crippen molar-refractivity contribution in [3.63, 3.8) is 0 Å². The number of hydrogen-bond acceptors (Lipinski definition) is 1. The van der Waals surface area contributed by atoms with Crippen molar-refractivity contribution in [2.24, 2.45) is 0 Å². The molecule has 0 aliphatic rings. The highest BCUT2D eigenvalue weighted by Crippen LogP contribution is 2.08. The molecule has 0 fully saturated rings. The monoisotopic (exact) mass is 178 g/mol.